The molecule has 3 atom stereocenters. The highest BCUT2D eigenvalue weighted by atomic mass is 32.2. The first kappa shape index (κ1) is 17.8. The van der Waals surface area contributed by atoms with Crippen LogP contribution in [0.15, 0.2) is 47.4 Å². The highest BCUT2D eigenvalue weighted by Crippen LogP contribution is 2.48. The summed E-state index contributed by atoms with van der Waals surface area (Å²) < 4.78 is 50.7. The number of benzene rings is 2. The molecule has 1 N–H and O–H groups in total. The summed E-state index contributed by atoms with van der Waals surface area (Å²) in [6, 6.07) is 9.61. The second-order valence-corrected chi connectivity index (χ2v) is 9.03. The Balaban J connectivity index is 1.84. The largest absolute Gasteiger partial charge is 0.497 e. The quantitative estimate of drug-likeness (QED) is 0.813. The van der Waals surface area contributed by atoms with Crippen LogP contribution in [0.1, 0.15) is 24.8 Å². The summed E-state index contributed by atoms with van der Waals surface area (Å²) in [5.74, 6) is -0.708. The van der Waals surface area contributed by atoms with Gasteiger partial charge >= 0.3 is 0 Å². The van der Waals surface area contributed by atoms with Gasteiger partial charge in [-0.05, 0) is 42.8 Å². The molecule has 1 fully saturated rings. The number of fused-ring (bicyclic) bond motifs is 4. The summed E-state index contributed by atoms with van der Waals surface area (Å²) in [6.45, 7) is 1.71. The van der Waals surface area contributed by atoms with Crippen LogP contribution in [0.25, 0.3) is 0 Å². The monoisotopic (exact) mass is 391 g/mol. The lowest BCUT2D eigenvalue weighted by atomic mass is 9.81. The van der Waals surface area contributed by atoms with E-state index in [1.165, 1.54) is 19.2 Å². The molecule has 0 saturated carbocycles. The number of methoxy groups -OCH3 is 1. The van der Waals surface area contributed by atoms with E-state index >= 15 is 0 Å². The maximum Gasteiger partial charge on any atom is 0.242 e. The van der Waals surface area contributed by atoms with Crippen molar-refractivity contribution in [2.24, 2.45) is 0 Å². The molecule has 27 heavy (non-hydrogen) atoms. The van der Waals surface area contributed by atoms with Crippen LogP contribution in [0.3, 0.4) is 0 Å². The molecular weight excluding hydrogens is 373 g/mol. The van der Waals surface area contributed by atoms with Crippen molar-refractivity contribution in [2.75, 3.05) is 7.11 Å². The number of carbonyl (C=O) groups excluding carboxylic acids is 1. The molecule has 2 aliphatic heterocycles. The van der Waals surface area contributed by atoms with E-state index < -0.39 is 38.5 Å². The fourth-order valence-corrected chi connectivity index (χ4v) is 5.66. The van der Waals surface area contributed by atoms with Crippen molar-refractivity contribution in [1.82, 2.24) is 5.32 Å². The zero-order valence-electron chi connectivity index (χ0n) is 14.7. The van der Waals surface area contributed by atoms with Gasteiger partial charge in [0.15, 0.2) is 20.8 Å². The molecule has 0 spiro atoms. The summed E-state index contributed by atoms with van der Waals surface area (Å²) in [4.78, 5) is 12.7. The lowest BCUT2D eigenvalue weighted by Gasteiger charge is -2.46. The number of piperidine rings is 1. The fourth-order valence-electron chi connectivity index (χ4n) is 3.84. The van der Waals surface area contributed by atoms with Gasteiger partial charge in [0.2, 0.25) is 5.91 Å². The Morgan fingerprint density at radius 2 is 1.93 bits per heavy atom. The van der Waals surface area contributed by atoms with Gasteiger partial charge in [-0.15, -0.1) is 0 Å². The zero-order valence-corrected chi connectivity index (χ0v) is 15.5. The molecule has 0 aromatic heterocycles. The number of hydrogen-bond donors (Lipinski definition) is 1. The predicted octanol–water partition coefficient (Wildman–Crippen LogP) is 2.39. The summed E-state index contributed by atoms with van der Waals surface area (Å²) in [5, 5.41) is 1.36. The van der Waals surface area contributed by atoms with Crippen LogP contribution in [0.4, 0.5) is 4.39 Å². The summed E-state index contributed by atoms with van der Waals surface area (Å²) in [7, 11) is -2.50. The van der Waals surface area contributed by atoms with Crippen molar-refractivity contribution >= 4 is 15.7 Å². The van der Waals surface area contributed by atoms with Gasteiger partial charge in [-0.25, -0.2) is 12.8 Å². The van der Waals surface area contributed by atoms with Crippen LogP contribution in [0, 0.1) is 5.82 Å². The van der Waals surface area contributed by atoms with Crippen molar-refractivity contribution in [3.63, 3.8) is 0 Å². The highest BCUT2D eigenvalue weighted by molar-refractivity contribution is 7.92. The Morgan fingerprint density at radius 3 is 2.59 bits per heavy atom. The SMILES string of the molecule is COc1ccc2c(c1)O[C@@]1(C)C[C@H]2[C@H](S(=O)(=O)c2ccc(F)cc2)C(=O)N1. The van der Waals surface area contributed by atoms with Crippen LogP contribution in [0.2, 0.25) is 0 Å². The molecule has 2 bridgehead atoms. The second kappa shape index (κ2) is 5.95. The predicted molar refractivity (Wildman–Crippen MR) is 94.9 cm³/mol. The van der Waals surface area contributed by atoms with Crippen molar-refractivity contribution in [3.8, 4) is 11.5 Å². The third-order valence-electron chi connectivity index (χ3n) is 5.05. The molecule has 2 heterocycles. The number of nitrogens with one attached hydrogen (secondary N) is 1. The maximum absolute atomic E-state index is 13.2. The average Bonchev–Trinajstić information content (AvgIpc) is 2.60. The minimum absolute atomic E-state index is 0.0887. The van der Waals surface area contributed by atoms with E-state index in [0.29, 0.717) is 23.5 Å². The molecule has 2 aromatic rings. The third-order valence-corrected chi connectivity index (χ3v) is 7.19. The lowest BCUT2D eigenvalue weighted by molar-refractivity contribution is -0.132. The van der Waals surface area contributed by atoms with Gasteiger partial charge in [0.25, 0.3) is 0 Å². The summed E-state index contributed by atoms with van der Waals surface area (Å²) in [5.41, 5.74) is -0.366. The zero-order chi connectivity index (χ0) is 19.4. The summed E-state index contributed by atoms with van der Waals surface area (Å²) in [6.07, 6.45) is 0.309. The van der Waals surface area contributed by atoms with Crippen molar-refractivity contribution in [1.29, 1.82) is 0 Å². The maximum atomic E-state index is 13.2. The van der Waals surface area contributed by atoms with Gasteiger partial charge in [0.1, 0.15) is 17.3 Å². The first-order valence-electron chi connectivity index (χ1n) is 8.42. The van der Waals surface area contributed by atoms with Crippen LogP contribution in [0.5, 0.6) is 11.5 Å². The molecular formula is C19H18FNO5S. The number of rotatable bonds is 3. The van der Waals surface area contributed by atoms with Crippen LogP contribution in [-0.4, -0.2) is 32.4 Å². The van der Waals surface area contributed by atoms with Gasteiger partial charge in [0, 0.05) is 18.4 Å². The first-order valence-corrected chi connectivity index (χ1v) is 9.97. The number of sulfone groups is 1. The molecule has 2 aliphatic rings. The molecule has 142 valence electrons. The van der Waals surface area contributed by atoms with E-state index in [1.54, 1.807) is 25.1 Å². The smallest absolute Gasteiger partial charge is 0.242 e. The number of carbonyl (C=O) groups is 1. The van der Waals surface area contributed by atoms with Gasteiger partial charge < -0.3 is 14.8 Å². The third kappa shape index (κ3) is 2.84. The number of hydrogen-bond acceptors (Lipinski definition) is 5. The van der Waals surface area contributed by atoms with E-state index in [4.69, 9.17) is 9.47 Å². The van der Waals surface area contributed by atoms with Crippen LogP contribution >= 0.6 is 0 Å². The normalized spacial score (nSPS) is 26.6. The topological polar surface area (TPSA) is 81.7 Å². The average molecular weight is 391 g/mol. The molecule has 1 amide bonds. The van der Waals surface area contributed by atoms with E-state index in [-0.39, 0.29) is 4.90 Å². The first-order chi connectivity index (χ1) is 12.7. The van der Waals surface area contributed by atoms with E-state index in [0.717, 1.165) is 12.1 Å². The Bertz CT molecular complexity index is 1020. The number of amides is 1. The number of ether oxygens (including phenoxy) is 2. The highest BCUT2D eigenvalue weighted by Gasteiger charge is 2.54. The Kier molecular flexibility index (Phi) is 3.92. The fraction of sp³-hybridized carbons (Fsp3) is 0.316. The Morgan fingerprint density at radius 1 is 1.22 bits per heavy atom. The van der Waals surface area contributed by atoms with Crippen molar-refractivity contribution in [3.05, 3.63) is 53.8 Å². The van der Waals surface area contributed by atoms with Crippen LogP contribution in [-0.2, 0) is 14.6 Å². The molecule has 1 saturated heterocycles. The Labute approximate surface area is 156 Å². The molecule has 2 aromatic carbocycles. The van der Waals surface area contributed by atoms with Gasteiger partial charge in [0.05, 0.1) is 12.0 Å². The molecule has 8 heteroatoms. The summed E-state index contributed by atoms with van der Waals surface area (Å²) >= 11 is 0. The molecule has 0 unspecified atom stereocenters. The number of halogens is 1. The van der Waals surface area contributed by atoms with E-state index in [2.05, 4.69) is 5.32 Å². The van der Waals surface area contributed by atoms with Crippen molar-refractivity contribution in [2.45, 2.75) is 35.1 Å². The van der Waals surface area contributed by atoms with Crippen LogP contribution < -0.4 is 14.8 Å². The molecule has 0 radical (unpaired) electrons. The van der Waals surface area contributed by atoms with E-state index in [9.17, 15) is 17.6 Å². The molecule has 0 aliphatic carbocycles. The second-order valence-electron chi connectivity index (χ2n) is 6.96. The minimum Gasteiger partial charge on any atom is -0.497 e. The van der Waals surface area contributed by atoms with Gasteiger partial charge in [-0.2, -0.15) is 0 Å². The molecule has 6 nitrogen and oxygen atoms in total. The van der Waals surface area contributed by atoms with Gasteiger partial charge in [-0.3, -0.25) is 4.79 Å². The Hall–Kier alpha value is -2.61. The standard InChI is InChI=1S/C19H18FNO5S/c1-19-10-15(14-8-5-12(25-2)9-16(14)26-19)17(18(22)21-19)27(23,24)13-6-3-11(20)4-7-13/h3-9,15,17H,10H2,1-2H3,(H,21,22)/t15-,17+,19+/m1/s1. The lowest BCUT2D eigenvalue weighted by Crippen LogP contribution is -2.63. The molecule has 4 rings (SSSR count). The van der Waals surface area contributed by atoms with E-state index in [1.807, 2.05) is 0 Å². The minimum atomic E-state index is -4.03. The van der Waals surface area contributed by atoms with Crippen molar-refractivity contribution < 1.29 is 27.1 Å². The van der Waals surface area contributed by atoms with Gasteiger partial charge in [-0.1, -0.05) is 6.07 Å².